The Morgan fingerprint density at radius 2 is 1.61 bits per heavy atom. The Morgan fingerprint density at radius 3 is 2.06 bits per heavy atom. The first-order valence-electron chi connectivity index (χ1n) is 4.66. The minimum Gasteiger partial charge on any atom is -0.473 e. The van der Waals surface area contributed by atoms with Crippen molar-refractivity contribution in [2.45, 2.75) is 0 Å². The average molecular weight is 251 g/mol. The number of carboxylic acids is 2. The van der Waals surface area contributed by atoms with E-state index in [0.717, 1.165) is 5.39 Å². The van der Waals surface area contributed by atoms with Gasteiger partial charge in [-0.15, -0.1) is 0 Å². The van der Waals surface area contributed by atoms with Crippen LogP contribution in [0.2, 0.25) is 0 Å². The first-order valence-corrected chi connectivity index (χ1v) is 4.66. The highest BCUT2D eigenvalue weighted by molar-refractivity contribution is 6.27. The van der Waals surface area contributed by atoms with E-state index in [0.29, 0.717) is 5.58 Å². The molecule has 0 aliphatic carbocycles. The van der Waals surface area contributed by atoms with Crippen LogP contribution in [-0.4, -0.2) is 28.1 Å². The predicted molar refractivity (Wildman–Crippen MR) is 60.0 cm³/mol. The summed E-state index contributed by atoms with van der Waals surface area (Å²) in [5, 5.41) is 15.7. The van der Waals surface area contributed by atoms with Crippen molar-refractivity contribution in [3.63, 3.8) is 0 Å². The third-order valence-electron chi connectivity index (χ3n) is 1.85. The number of hydrogen-bond acceptors (Lipinski definition) is 4. The monoisotopic (exact) mass is 251 g/mol. The van der Waals surface area contributed by atoms with Crippen LogP contribution >= 0.6 is 0 Å². The zero-order valence-electron chi connectivity index (χ0n) is 8.99. The highest BCUT2D eigenvalue weighted by Crippen LogP contribution is 2.17. The number of aliphatic carboxylic acids is 2. The predicted octanol–water partition coefficient (Wildman–Crippen LogP) is 0.687. The quantitative estimate of drug-likeness (QED) is 0.639. The standard InChI is InChI=1S/C9H7NO2.C2H2O4/c10-9(11)8-5-6-3-1-2-4-7(6)12-8;3-1(4)2(5)6/h1-5H,(H2,10,11);(H,3,4)(H,5,6). The lowest BCUT2D eigenvalue weighted by molar-refractivity contribution is -0.159. The maximum absolute atomic E-state index is 10.7. The molecule has 94 valence electrons. The van der Waals surface area contributed by atoms with Crippen LogP contribution < -0.4 is 5.73 Å². The number of hydrogen-bond donors (Lipinski definition) is 3. The zero-order valence-corrected chi connectivity index (χ0v) is 8.99. The van der Waals surface area contributed by atoms with E-state index in [1.54, 1.807) is 12.1 Å². The molecule has 0 aliphatic heterocycles. The van der Waals surface area contributed by atoms with E-state index in [4.69, 9.17) is 30.0 Å². The first-order chi connectivity index (χ1) is 8.41. The molecular weight excluding hydrogens is 242 g/mol. The molecule has 1 amide bonds. The number of nitrogens with two attached hydrogens (primary N) is 1. The van der Waals surface area contributed by atoms with Crippen LogP contribution in [0.25, 0.3) is 11.0 Å². The van der Waals surface area contributed by atoms with Gasteiger partial charge in [-0.2, -0.15) is 0 Å². The molecule has 0 radical (unpaired) electrons. The van der Waals surface area contributed by atoms with Gasteiger partial charge in [-0.05, 0) is 12.1 Å². The fourth-order valence-electron chi connectivity index (χ4n) is 1.10. The summed E-state index contributed by atoms with van der Waals surface area (Å²) in [4.78, 5) is 28.9. The summed E-state index contributed by atoms with van der Waals surface area (Å²) in [7, 11) is 0. The van der Waals surface area contributed by atoms with Crippen molar-refractivity contribution in [3.05, 3.63) is 36.1 Å². The van der Waals surface area contributed by atoms with E-state index in [1.165, 1.54) is 0 Å². The third kappa shape index (κ3) is 3.34. The molecule has 1 heterocycles. The highest BCUT2D eigenvalue weighted by Gasteiger charge is 2.06. The Labute approximate surface area is 100 Å². The summed E-state index contributed by atoms with van der Waals surface area (Å²) in [6, 6.07) is 9.02. The fraction of sp³-hybridized carbons (Fsp3) is 0. The van der Waals surface area contributed by atoms with E-state index in [9.17, 15) is 4.79 Å². The molecule has 4 N–H and O–H groups in total. The molecule has 0 atom stereocenters. The van der Waals surface area contributed by atoms with Crippen molar-refractivity contribution in [2.75, 3.05) is 0 Å². The number of amides is 1. The van der Waals surface area contributed by atoms with E-state index < -0.39 is 17.8 Å². The van der Waals surface area contributed by atoms with Crippen molar-refractivity contribution in [1.82, 2.24) is 0 Å². The lowest BCUT2D eigenvalue weighted by atomic mass is 10.2. The third-order valence-corrected chi connectivity index (χ3v) is 1.85. The van der Waals surface area contributed by atoms with E-state index in [-0.39, 0.29) is 5.76 Å². The Bertz CT molecular complexity index is 555. The molecule has 1 aromatic heterocycles. The number of carbonyl (C=O) groups excluding carboxylic acids is 1. The fourth-order valence-corrected chi connectivity index (χ4v) is 1.10. The van der Waals surface area contributed by atoms with Crippen LogP contribution in [0.1, 0.15) is 10.6 Å². The number of carbonyl (C=O) groups is 3. The Balaban J connectivity index is 0.000000232. The van der Waals surface area contributed by atoms with Crippen LogP contribution in [0.5, 0.6) is 0 Å². The summed E-state index contributed by atoms with van der Waals surface area (Å²) >= 11 is 0. The normalized spacial score (nSPS) is 9.33. The number of furan rings is 1. The molecule has 1 aromatic carbocycles. The maximum atomic E-state index is 10.7. The number of carboxylic acid groups (broad SMARTS) is 2. The molecule has 0 spiro atoms. The molecular formula is C11H9NO6. The Hall–Kier alpha value is -2.83. The molecule has 0 bridgehead atoms. The maximum Gasteiger partial charge on any atom is 0.414 e. The average Bonchev–Trinajstić information content (AvgIpc) is 2.73. The topological polar surface area (TPSA) is 131 Å². The van der Waals surface area contributed by atoms with Crippen molar-refractivity contribution in [2.24, 2.45) is 5.73 Å². The van der Waals surface area contributed by atoms with Gasteiger partial charge in [0.2, 0.25) is 0 Å². The Morgan fingerprint density at radius 1 is 1.06 bits per heavy atom. The number of fused-ring (bicyclic) bond motifs is 1. The van der Waals surface area contributed by atoms with Crippen molar-refractivity contribution in [1.29, 1.82) is 0 Å². The highest BCUT2D eigenvalue weighted by atomic mass is 16.4. The molecule has 0 aliphatic rings. The summed E-state index contributed by atoms with van der Waals surface area (Å²) in [6.45, 7) is 0. The number of para-hydroxylation sites is 1. The summed E-state index contributed by atoms with van der Waals surface area (Å²) in [6.07, 6.45) is 0. The number of primary amides is 1. The first kappa shape index (κ1) is 13.2. The van der Waals surface area contributed by atoms with Crippen LogP contribution in [0, 0.1) is 0 Å². The molecule has 7 nitrogen and oxygen atoms in total. The number of rotatable bonds is 1. The van der Waals surface area contributed by atoms with Gasteiger partial charge in [-0.3, -0.25) is 4.79 Å². The second kappa shape index (κ2) is 5.48. The van der Waals surface area contributed by atoms with E-state index in [2.05, 4.69) is 0 Å². The Kier molecular flexibility index (Phi) is 4.03. The van der Waals surface area contributed by atoms with Gasteiger partial charge in [0.1, 0.15) is 5.58 Å². The van der Waals surface area contributed by atoms with E-state index >= 15 is 0 Å². The lowest BCUT2D eigenvalue weighted by Gasteiger charge is -1.83. The van der Waals surface area contributed by atoms with Crippen LogP contribution in [0.4, 0.5) is 0 Å². The summed E-state index contributed by atoms with van der Waals surface area (Å²) in [5.41, 5.74) is 5.73. The zero-order chi connectivity index (χ0) is 13.7. The molecule has 2 rings (SSSR count). The van der Waals surface area contributed by atoms with Gasteiger partial charge in [-0.25, -0.2) is 9.59 Å². The van der Waals surface area contributed by atoms with Crippen LogP contribution in [-0.2, 0) is 9.59 Å². The minimum atomic E-state index is -1.82. The van der Waals surface area contributed by atoms with Gasteiger partial charge < -0.3 is 20.4 Å². The lowest BCUT2D eigenvalue weighted by Crippen LogP contribution is -2.09. The molecule has 7 heteroatoms. The van der Waals surface area contributed by atoms with Gasteiger partial charge in [0.15, 0.2) is 5.76 Å². The minimum absolute atomic E-state index is 0.205. The summed E-state index contributed by atoms with van der Waals surface area (Å²) in [5.74, 6) is -3.98. The smallest absolute Gasteiger partial charge is 0.414 e. The molecule has 0 fully saturated rings. The van der Waals surface area contributed by atoms with Crippen LogP contribution in [0.15, 0.2) is 34.7 Å². The van der Waals surface area contributed by atoms with Crippen molar-refractivity contribution < 1.29 is 29.0 Å². The molecule has 0 saturated heterocycles. The van der Waals surface area contributed by atoms with Gasteiger partial charge in [0, 0.05) is 5.39 Å². The SMILES string of the molecule is NC(=O)c1cc2ccccc2o1.O=C(O)C(=O)O. The van der Waals surface area contributed by atoms with Gasteiger partial charge in [0.05, 0.1) is 0 Å². The molecule has 0 saturated carbocycles. The molecule has 0 unspecified atom stereocenters. The largest absolute Gasteiger partial charge is 0.473 e. The molecule has 18 heavy (non-hydrogen) atoms. The van der Waals surface area contributed by atoms with Crippen molar-refractivity contribution in [3.8, 4) is 0 Å². The second-order valence-electron chi connectivity index (χ2n) is 3.12. The van der Waals surface area contributed by atoms with Crippen molar-refractivity contribution >= 4 is 28.8 Å². The van der Waals surface area contributed by atoms with Crippen LogP contribution in [0.3, 0.4) is 0 Å². The van der Waals surface area contributed by atoms with Gasteiger partial charge in [0.25, 0.3) is 5.91 Å². The van der Waals surface area contributed by atoms with Gasteiger partial charge in [-0.1, -0.05) is 18.2 Å². The van der Waals surface area contributed by atoms with E-state index in [1.807, 2.05) is 18.2 Å². The van der Waals surface area contributed by atoms with Gasteiger partial charge >= 0.3 is 11.9 Å². The second-order valence-corrected chi connectivity index (χ2v) is 3.12. The summed E-state index contributed by atoms with van der Waals surface area (Å²) < 4.78 is 5.15. The molecule has 2 aromatic rings. The number of benzene rings is 1.